The molecule has 2 N–H and O–H groups in total. The number of hydrogen-bond acceptors (Lipinski definition) is 3. The molecule has 0 radical (unpaired) electrons. The Labute approximate surface area is 90.1 Å². The zero-order valence-electron chi connectivity index (χ0n) is 8.78. The van der Waals surface area contributed by atoms with Gasteiger partial charge in [0.05, 0.1) is 5.60 Å². The van der Waals surface area contributed by atoms with Crippen molar-refractivity contribution in [2.24, 2.45) is 0 Å². The minimum atomic E-state index is -0.603. The lowest BCUT2D eigenvalue weighted by atomic mass is 9.94. The van der Waals surface area contributed by atoms with Crippen LogP contribution in [0.1, 0.15) is 12.8 Å². The Bertz CT molecular complexity index is 294. The van der Waals surface area contributed by atoms with Crippen LogP contribution in [0.3, 0.4) is 0 Å². The van der Waals surface area contributed by atoms with Crippen LogP contribution in [0.25, 0.3) is 0 Å². The standard InChI is InChI=1S/C12H17NO2/c14-12(6-8-15-9-7-12)10-13-11-4-2-1-3-5-11/h1-5,13-14H,6-10H2. The summed E-state index contributed by atoms with van der Waals surface area (Å²) in [6.45, 7) is 1.92. The largest absolute Gasteiger partial charge is 0.388 e. The van der Waals surface area contributed by atoms with Gasteiger partial charge in [0.15, 0.2) is 0 Å². The number of ether oxygens (including phenoxy) is 1. The zero-order chi connectivity index (χ0) is 10.6. The molecule has 2 rings (SSSR count). The number of hydrogen-bond donors (Lipinski definition) is 2. The van der Waals surface area contributed by atoms with E-state index >= 15 is 0 Å². The Morgan fingerprint density at radius 2 is 1.87 bits per heavy atom. The van der Waals surface area contributed by atoms with E-state index in [1.165, 1.54) is 0 Å². The normalized spacial score (nSPS) is 19.8. The minimum absolute atomic E-state index is 0.598. The predicted molar refractivity (Wildman–Crippen MR) is 59.9 cm³/mol. The summed E-state index contributed by atoms with van der Waals surface area (Å²) in [5.41, 5.74) is 0.450. The van der Waals surface area contributed by atoms with E-state index in [4.69, 9.17) is 4.74 Å². The van der Waals surface area contributed by atoms with Crippen molar-refractivity contribution in [1.82, 2.24) is 0 Å². The van der Waals surface area contributed by atoms with E-state index in [1.807, 2.05) is 30.3 Å². The summed E-state index contributed by atoms with van der Waals surface area (Å²) in [5.74, 6) is 0. The third kappa shape index (κ3) is 2.94. The van der Waals surface area contributed by atoms with Crippen LogP contribution in [-0.2, 0) is 4.74 Å². The van der Waals surface area contributed by atoms with Crippen molar-refractivity contribution in [3.63, 3.8) is 0 Å². The van der Waals surface area contributed by atoms with Crippen LogP contribution in [0.5, 0.6) is 0 Å². The molecule has 3 nitrogen and oxygen atoms in total. The molecule has 1 aromatic rings. The second-order valence-electron chi connectivity index (χ2n) is 4.06. The fourth-order valence-corrected chi connectivity index (χ4v) is 1.75. The van der Waals surface area contributed by atoms with E-state index < -0.39 is 5.60 Å². The molecule has 1 aliphatic heterocycles. The molecule has 0 atom stereocenters. The maximum atomic E-state index is 10.2. The highest BCUT2D eigenvalue weighted by molar-refractivity contribution is 5.42. The fourth-order valence-electron chi connectivity index (χ4n) is 1.75. The van der Waals surface area contributed by atoms with Gasteiger partial charge in [-0.25, -0.2) is 0 Å². The lowest BCUT2D eigenvalue weighted by Gasteiger charge is -2.32. The van der Waals surface area contributed by atoms with Gasteiger partial charge in [0.1, 0.15) is 0 Å². The van der Waals surface area contributed by atoms with Crippen molar-refractivity contribution in [2.45, 2.75) is 18.4 Å². The number of anilines is 1. The molecular weight excluding hydrogens is 190 g/mol. The Morgan fingerprint density at radius 3 is 2.53 bits per heavy atom. The van der Waals surface area contributed by atoms with Gasteiger partial charge in [-0.15, -0.1) is 0 Å². The molecular formula is C12H17NO2. The quantitative estimate of drug-likeness (QED) is 0.791. The molecule has 0 spiro atoms. The molecule has 0 amide bonds. The van der Waals surface area contributed by atoms with Crippen LogP contribution >= 0.6 is 0 Å². The Morgan fingerprint density at radius 1 is 1.20 bits per heavy atom. The van der Waals surface area contributed by atoms with Crippen LogP contribution in [0, 0.1) is 0 Å². The van der Waals surface area contributed by atoms with Gasteiger partial charge in [0, 0.05) is 38.3 Å². The number of benzene rings is 1. The third-order valence-corrected chi connectivity index (χ3v) is 2.82. The first-order valence-electron chi connectivity index (χ1n) is 5.38. The van der Waals surface area contributed by atoms with Gasteiger partial charge >= 0.3 is 0 Å². The van der Waals surface area contributed by atoms with Gasteiger partial charge in [-0.05, 0) is 12.1 Å². The van der Waals surface area contributed by atoms with E-state index in [-0.39, 0.29) is 0 Å². The molecule has 1 aliphatic rings. The number of rotatable bonds is 3. The molecule has 0 aliphatic carbocycles. The summed E-state index contributed by atoms with van der Waals surface area (Å²) >= 11 is 0. The van der Waals surface area contributed by atoms with E-state index in [0.29, 0.717) is 32.6 Å². The Balaban J connectivity index is 1.87. The molecule has 0 aromatic heterocycles. The monoisotopic (exact) mass is 207 g/mol. The molecule has 15 heavy (non-hydrogen) atoms. The highest BCUT2D eigenvalue weighted by Crippen LogP contribution is 2.21. The van der Waals surface area contributed by atoms with Crippen molar-refractivity contribution < 1.29 is 9.84 Å². The van der Waals surface area contributed by atoms with Crippen molar-refractivity contribution in [2.75, 3.05) is 25.1 Å². The summed E-state index contributed by atoms with van der Waals surface area (Å²) in [7, 11) is 0. The van der Waals surface area contributed by atoms with Gasteiger partial charge in [-0.3, -0.25) is 0 Å². The second-order valence-corrected chi connectivity index (χ2v) is 4.06. The first kappa shape index (κ1) is 10.5. The van der Waals surface area contributed by atoms with E-state index in [9.17, 15) is 5.11 Å². The van der Waals surface area contributed by atoms with Crippen molar-refractivity contribution in [3.8, 4) is 0 Å². The van der Waals surface area contributed by atoms with Gasteiger partial charge < -0.3 is 15.2 Å². The number of aliphatic hydroxyl groups is 1. The zero-order valence-corrected chi connectivity index (χ0v) is 8.78. The molecule has 1 aromatic carbocycles. The smallest absolute Gasteiger partial charge is 0.0863 e. The molecule has 0 unspecified atom stereocenters. The maximum Gasteiger partial charge on any atom is 0.0863 e. The summed E-state index contributed by atoms with van der Waals surface area (Å²) in [4.78, 5) is 0. The highest BCUT2D eigenvalue weighted by atomic mass is 16.5. The minimum Gasteiger partial charge on any atom is -0.388 e. The Hall–Kier alpha value is -1.06. The lowest BCUT2D eigenvalue weighted by molar-refractivity contribution is -0.0543. The molecule has 3 heteroatoms. The van der Waals surface area contributed by atoms with Crippen LogP contribution in [0.15, 0.2) is 30.3 Å². The summed E-state index contributed by atoms with van der Waals surface area (Å²) in [6.07, 6.45) is 1.43. The lowest BCUT2D eigenvalue weighted by Crippen LogP contribution is -2.42. The number of nitrogens with one attached hydrogen (secondary N) is 1. The summed E-state index contributed by atoms with van der Waals surface area (Å²) in [6, 6.07) is 9.95. The summed E-state index contributed by atoms with van der Waals surface area (Å²) in [5, 5.41) is 13.4. The molecule has 1 fully saturated rings. The van der Waals surface area contributed by atoms with Crippen molar-refractivity contribution >= 4 is 5.69 Å². The predicted octanol–water partition coefficient (Wildman–Crippen LogP) is 1.64. The van der Waals surface area contributed by atoms with Gasteiger partial charge in [-0.1, -0.05) is 18.2 Å². The molecule has 1 heterocycles. The number of para-hydroxylation sites is 1. The fraction of sp³-hybridized carbons (Fsp3) is 0.500. The van der Waals surface area contributed by atoms with Crippen molar-refractivity contribution in [3.05, 3.63) is 30.3 Å². The average molecular weight is 207 g/mol. The van der Waals surface area contributed by atoms with Crippen LogP contribution in [0.4, 0.5) is 5.69 Å². The molecule has 1 saturated heterocycles. The summed E-state index contributed by atoms with van der Waals surface area (Å²) < 4.78 is 5.23. The van der Waals surface area contributed by atoms with Crippen LogP contribution in [-0.4, -0.2) is 30.5 Å². The average Bonchev–Trinajstić information content (AvgIpc) is 2.29. The Kier molecular flexibility index (Phi) is 3.23. The SMILES string of the molecule is OC1(CNc2ccccc2)CCOCC1. The van der Waals surface area contributed by atoms with Crippen LogP contribution < -0.4 is 5.32 Å². The topological polar surface area (TPSA) is 41.5 Å². The first-order valence-corrected chi connectivity index (χ1v) is 5.38. The molecule has 0 bridgehead atoms. The third-order valence-electron chi connectivity index (χ3n) is 2.82. The van der Waals surface area contributed by atoms with E-state index in [0.717, 1.165) is 5.69 Å². The highest BCUT2D eigenvalue weighted by Gasteiger charge is 2.29. The van der Waals surface area contributed by atoms with Crippen molar-refractivity contribution in [1.29, 1.82) is 0 Å². The van der Waals surface area contributed by atoms with Crippen LogP contribution in [0.2, 0.25) is 0 Å². The van der Waals surface area contributed by atoms with Gasteiger partial charge in [0.2, 0.25) is 0 Å². The second kappa shape index (κ2) is 4.64. The molecule has 0 saturated carbocycles. The molecule has 82 valence electrons. The first-order chi connectivity index (χ1) is 7.29. The maximum absolute atomic E-state index is 10.2. The van der Waals surface area contributed by atoms with E-state index in [1.54, 1.807) is 0 Å². The van der Waals surface area contributed by atoms with E-state index in [2.05, 4.69) is 5.32 Å². The van der Waals surface area contributed by atoms with Gasteiger partial charge in [0.25, 0.3) is 0 Å². The van der Waals surface area contributed by atoms with Gasteiger partial charge in [-0.2, -0.15) is 0 Å².